The van der Waals surface area contributed by atoms with Crippen LogP contribution >= 0.6 is 15.9 Å². The number of nitrogens with zero attached hydrogens (tertiary/aromatic N) is 1. The van der Waals surface area contributed by atoms with Gasteiger partial charge in [0.2, 0.25) is 0 Å². The fraction of sp³-hybridized carbons (Fsp3) is 0.353. The van der Waals surface area contributed by atoms with E-state index < -0.39 is 5.97 Å². The fourth-order valence-corrected chi connectivity index (χ4v) is 2.73. The summed E-state index contributed by atoms with van der Waals surface area (Å²) in [6.07, 6.45) is 1.40. The van der Waals surface area contributed by atoms with Crippen LogP contribution in [-0.4, -0.2) is 24.3 Å². The van der Waals surface area contributed by atoms with Crippen molar-refractivity contribution in [2.45, 2.75) is 25.8 Å². The maximum absolute atomic E-state index is 10.7. The zero-order valence-corrected chi connectivity index (χ0v) is 14.1. The van der Waals surface area contributed by atoms with Crippen LogP contribution in [0, 0.1) is 0 Å². The third-order valence-electron chi connectivity index (χ3n) is 3.53. The molecule has 1 aromatic carbocycles. The summed E-state index contributed by atoms with van der Waals surface area (Å²) in [4.78, 5) is 10.7. The number of rotatable bonds is 8. The van der Waals surface area contributed by atoms with Gasteiger partial charge in [0.25, 0.3) is 0 Å². The van der Waals surface area contributed by atoms with Crippen molar-refractivity contribution in [3.05, 3.63) is 46.6 Å². The standard InChI is InChI=1S/C17H20BrNO3/c1-22-12-2-11-19-15(8-10-17(20)21)7-9-16(19)13-3-5-14(18)6-4-13/h3-7,9H,2,8,10-12H2,1H3,(H,20,21)/p-1. The van der Waals surface area contributed by atoms with Crippen molar-refractivity contribution < 1.29 is 14.6 Å². The molecule has 0 unspecified atom stereocenters. The van der Waals surface area contributed by atoms with Crippen LogP contribution in [0.2, 0.25) is 0 Å². The first-order chi connectivity index (χ1) is 10.6. The molecule has 4 nitrogen and oxygen atoms in total. The van der Waals surface area contributed by atoms with Gasteiger partial charge < -0.3 is 19.2 Å². The van der Waals surface area contributed by atoms with Gasteiger partial charge in [0, 0.05) is 42.1 Å². The van der Waals surface area contributed by atoms with Gasteiger partial charge in [-0.15, -0.1) is 0 Å². The fourth-order valence-electron chi connectivity index (χ4n) is 2.46. The molecule has 0 aliphatic carbocycles. The van der Waals surface area contributed by atoms with Gasteiger partial charge in [-0.2, -0.15) is 0 Å². The van der Waals surface area contributed by atoms with E-state index in [1.54, 1.807) is 7.11 Å². The largest absolute Gasteiger partial charge is 0.550 e. The second kappa shape index (κ2) is 8.15. The Balaban J connectivity index is 2.27. The van der Waals surface area contributed by atoms with Gasteiger partial charge in [0.15, 0.2) is 0 Å². The lowest BCUT2D eigenvalue weighted by atomic mass is 10.1. The number of carbonyl (C=O) groups excluding carboxylic acids is 1. The van der Waals surface area contributed by atoms with Crippen molar-refractivity contribution in [3.8, 4) is 11.3 Å². The van der Waals surface area contributed by atoms with E-state index >= 15 is 0 Å². The summed E-state index contributed by atoms with van der Waals surface area (Å²) in [7, 11) is 1.68. The molecule has 0 aliphatic heterocycles. The maximum atomic E-state index is 10.7. The van der Waals surface area contributed by atoms with E-state index in [-0.39, 0.29) is 6.42 Å². The molecular formula is C17H19BrNO3-. The first-order valence-corrected chi connectivity index (χ1v) is 8.04. The topological polar surface area (TPSA) is 54.3 Å². The number of hydrogen-bond donors (Lipinski definition) is 0. The molecule has 0 fully saturated rings. The van der Waals surface area contributed by atoms with Gasteiger partial charge in [-0.3, -0.25) is 0 Å². The van der Waals surface area contributed by atoms with Gasteiger partial charge in [-0.25, -0.2) is 0 Å². The minimum Gasteiger partial charge on any atom is -0.550 e. The van der Waals surface area contributed by atoms with Gasteiger partial charge in [-0.05, 0) is 49.1 Å². The average molecular weight is 365 g/mol. The lowest BCUT2D eigenvalue weighted by Crippen LogP contribution is -2.23. The van der Waals surface area contributed by atoms with Crippen LogP contribution < -0.4 is 5.11 Å². The normalized spacial score (nSPS) is 10.8. The first-order valence-electron chi connectivity index (χ1n) is 7.25. The highest BCUT2D eigenvalue weighted by Gasteiger charge is 2.10. The van der Waals surface area contributed by atoms with Crippen molar-refractivity contribution in [1.82, 2.24) is 4.57 Å². The number of carboxylic acids is 1. The van der Waals surface area contributed by atoms with Crippen molar-refractivity contribution in [1.29, 1.82) is 0 Å². The third kappa shape index (κ3) is 4.45. The van der Waals surface area contributed by atoms with Crippen molar-refractivity contribution in [3.63, 3.8) is 0 Å². The van der Waals surface area contributed by atoms with E-state index in [2.05, 4.69) is 32.6 Å². The smallest absolute Gasteiger partial charge is 0.0482 e. The molecule has 0 N–H and O–H groups in total. The second-order valence-electron chi connectivity index (χ2n) is 5.09. The summed E-state index contributed by atoms with van der Waals surface area (Å²) in [5.74, 6) is -1.02. The Morgan fingerprint density at radius 2 is 1.95 bits per heavy atom. The Labute approximate surface area is 138 Å². The third-order valence-corrected chi connectivity index (χ3v) is 4.06. The molecule has 118 valence electrons. The summed E-state index contributed by atoms with van der Waals surface area (Å²) < 4.78 is 8.32. The number of aryl methyl sites for hydroxylation is 1. The Hall–Kier alpha value is -1.59. The van der Waals surface area contributed by atoms with Crippen LogP contribution in [0.3, 0.4) is 0 Å². The van der Waals surface area contributed by atoms with Crippen LogP contribution in [0.1, 0.15) is 18.5 Å². The van der Waals surface area contributed by atoms with Gasteiger partial charge in [0.05, 0.1) is 0 Å². The molecule has 2 rings (SSSR count). The van der Waals surface area contributed by atoms with Crippen molar-refractivity contribution >= 4 is 21.9 Å². The molecule has 0 spiro atoms. The summed E-state index contributed by atoms with van der Waals surface area (Å²) in [5.41, 5.74) is 3.22. The number of hydrogen-bond acceptors (Lipinski definition) is 3. The van der Waals surface area contributed by atoms with Crippen LogP contribution in [0.15, 0.2) is 40.9 Å². The Morgan fingerprint density at radius 3 is 2.59 bits per heavy atom. The highest BCUT2D eigenvalue weighted by molar-refractivity contribution is 9.10. The molecule has 0 radical (unpaired) electrons. The molecule has 0 bridgehead atoms. The second-order valence-corrected chi connectivity index (χ2v) is 6.00. The number of aliphatic carboxylic acids is 1. The number of carbonyl (C=O) groups is 1. The van der Waals surface area contributed by atoms with E-state index in [0.29, 0.717) is 13.0 Å². The zero-order chi connectivity index (χ0) is 15.9. The van der Waals surface area contributed by atoms with E-state index in [1.165, 1.54) is 0 Å². The molecule has 0 saturated heterocycles. The monoisotopic (exact) mass is 364 g/mol. The number of benzene rings is 1. The Bertz CT molecular complexity index is 619. The maximum Gasteiger partial charge on any atom is 0.0482 e. The van der Waals surface area contributed by atoms with E-state index in [9.17, 15) is 9.90 Å². The molecule has 0 saturated carbocycles. The highest BCUT2D eigenvalue weighted by atomic mass is 79.9. The quantitative estimate of drug-likeness (QED) is 0.676. The molecule has 2 aromatic rings. The SMILES string of the molecule is COCCCn1c(CCC(=O)[O-])ccc1-c1ccc(Br)cc1. The average Bonchev–Trinajstić information content (AvgIpc) is 2.89. The predicted octanol–water partition coefficient (Wildman–Crippen LogP) is 2.64. The van der Waals surface area contributed by atoms with Gasteiger partial charge >= 0.3 is 0 Å². The lowest BCUT2D eigenvalue weighted by Gasteiger charge is -2.14. The summed E-state index contributed by atoms with van der Waals surface area (Å²) in [5, 5.41) is 10.7. The summed E-state index contributed by atoms with van der Waals surface area (Å²) >= 11 is 3.44. The molecule has 22 heavy (non-hydrogen) atoms. The van der Waals surface area contributed by atoms with Crippen molar-refractivity contribution in [2.75, 3.05) is 13.7 Å². The van der Waals surface area contributed by atoms with Crippen molar-refractivity contribution in [2.24, 2.45) is 0 Å². The zero-order valence-electron chi connectivity index (χ0n) is 12.5. The Kier molecular flexibility index (Phi) is 6.21. The first kappa shape index (κ1) is 16.8. The van der Waals surface area contributed by atoms with E-state index in [1.807, 2.05) is 24.3 Å². The molecule has 1 heterocycles. The Morgan fingerprint density at radius 1 is 1.23 bits per heavy atom. The molecule has 0 amide bonds. The molecule has 1 aromatic heterocycles. The minimum absolute atomic E-state index is 0.0358. The van der Waals surface area contributed by atoms with Gasteiger partial charge in [0.1, 0.15) is 0 Å². The molecule has 0 atom stereocenters. The number of carboxylic acid groups (broad SMARTS) is 1. The molecule has 5 heteroatoms. The lowest BCUT2D eigenvalue weighted by molar-refractivity contribution is -0.305. The number of methoxy groups -OCH3 is 1. The van der Waals surface area contributed by atoms with Gasteiger partial charge in [-0.1, -0.05) is 28.1 Å². The van der Waals surface area contributed by atoms with E-state index in [4.69, 9.17) is 4.74 Å². The minimum atomic E-state index is -1.02. The van der Waals surface area contributed by atoms with Crippen LogP contribution in [0.25, 0.3) is 11.3 Å². The molecule has 0 aliphatic rings. The summed E-state index contributed by atoms with van der Waals surface area (Å²) in [6.45, 7) is 1.48. The van der Waals surface area contributed by atoms with Crippen LogP contribution in [-0.2, 0) is 22.5 Å². The van der Waals surface area contributed by atoms with Crippen LogP contribution in [0.5, 0.6) is 0 Å². The van der Waals surface area contributed by atoms with E-state index in [0.717, 1.165) is 34.4 Å². The van der Waals surface area contributed by atoms with Crippen LogP contribution in [0.4, 0.5) is 0 Å². The number of halogens is 1. The summed E-state index contributed by atoms with van der Waals surface area (Å²) in [6, 6.07) is 12.1. The highest BCUT2D eigenvalue weighted by Crippen LogP contribution is 2.25. The number of ether oxygens (including phenoxy) is 1. The predicted molar refractivity (Wildman–Crippen MR) is 87.4 cm³/mol. The number of aromatic nitrogens is 1. The molecular weight excluding hydrogens is 346 g/mol.